The van der Waals surface area contributed by atoms with Crippen molar-refractivity contribution in [1.29, 1.82) is 0 Å². The average Bonchev–Trinajstić information content (AvgIpc) is 2.93. The van der Waals surface area contributed by atoms with E-state index in [0.717, 1.165) is 0 Å². The molecular weight excluding hydrogens is 258 g/mol. The second-order valence-corrected chi connectivity index (χ2v) is 4.53. The standard InChI is InChI=1S/C14H11N3O3/c1-8(18)11-7-17(16-15-11)12-6-13(19)9-4-2-3-5-10(9)14(12)20/h2-8,18H,1H3/t8-/m1/s1. The molecule has 0 unspecified atom stereocenters. The molecule has 0 aliphatic heterocycles. The zero-order chi connectivity index (χ0) is 14.3. The molecule has 1 N–H and O–H groups in total. The Hall–Kier alpha value is -2.60. The predicted octanol–water partition coefficient (Wildman–Crippen LogP) is 1.25. The van der Waals surface area contributed by atoms with Gasteiger partial charge in [0.25, 0.3) is 0 Å². The molecule has 0 fully saturated rings. The van der Waals surface area contributed by atoms with Crippen LogP contribution >= 0.6 is 0 Å². The lowest BCUT2D eigenvalue weighted by Gasteiger charge is -2.14. The fourth-order valence-corrected chi connectivity index (χ4v) is 2.06. The van der Waals surface area contributed by atoms with E-state index in [2.05, 4.69) is 10.3 Å². The monoisotopic (exact) mass is 269 g/mol. The minimum Gasteiger partial charge on any atom is -0.387 e. The van der Waals surface area contributed by atoms with Crippen LogP contribution in [0.1, 0.15) is 39.4 Å². The molecule has 0 spiro atoms. The fraction of sp³-hybridized carbons (Fsp3) is 0.143. The first-order valence-electron chi connectivity index (χ1n) is 6.08. The van der Waals surface area contributed by atoms with Crippen molar-refractivity contribution < 1.29 is 14.7 Å². The van der Waals surface area contributed by atoms with Crippen LogP contribution in [0, 0.1) is 0 Å². The maximum Gasteiger partial charge on any atom is 0.212 e. The van der Waals surface area contributed by atoms with Gasteiger partial charge in [0.05, 0.1) is 12.3 Å². The van der Waals surface area contributed by atoms with Crippen molar-refractivity contribution in [3.05, 3.63) is 53.4 Å². The van der Waals surface area contributed by atoms with E-state index >= 15 is 0 Å². The Morgan fingerprint density at radius 1 is 1.20 bits per heavy atom. The summed E-state index contributed by atoms with van der Waals surface area (Å²) in [5.74, 6) is -0.536. The van der Waals surface area contributed by atoms with Crippen LogP contribution in [0.2, 0.25) is 0 Å². The Morgan fingerprint density at radius 2 is 1.90 bits per heavy atom. The van der Waals surface area contributed by atoms with Gasteiger partial charge in [-0.1, -0.05) is 29.5 Å². The second-order valence-electron chi connectivity index (χ2n) is 4.53. The van der Waals surface area contributed by atoms with Gasteiger partial charge in [0.2, 0.25) is 5.78 Å². The number of hydrogen-bond acceptors (Lipinski definition) is 5. The maximum atomic E-state index is 12.4. The fourth-order valence-electron chi connectivity index (χ4n) is 2.06. The van der Waals surface area contributed by atoms with E-state index < -0.39 is 6.10 Å². The van der Waals surface area contributed by atoms with Gasteiger partial charge in [-0.25, -0.2) is 4.68 Å². The van der Waals surface area contributed by atoms with Gasteiger partial charge in [-0.15, -0.1) is 5.10 Å². The number of fused-ring (bicyclic) bond motifs is 1. The van der Waals surface area contributed by atoms with Crippen LogP contribution < -0.4 is 0 Å². The number of rotatable bonds is 2. The predicted molar refractivity (Wildman–Crippen MR) is 70.0 cm³/mol. The minimum atomic E-state index is -0.786. The molecule has 1 heterocycles. The number of hydrogen-bond donors (Lipinski definition) is 1. The highest BCUT2D eigenvalue weighted by Gasteiger charge is 2.27. The molecule has 0 saturated carbocycles. The lowest BCUT2D eigenvalue weighted by molar-refractivity contribution is 0.0996. The molecule has 1 aliphatic rings. The zero-order valence-corrected chi connectivity index (χ0v) is 10.6. The molecule has 2 aromatic rings. The van der Waals surface area contributed by atoms with Crippen molar-refractivity contribution in [2.24, 2.45) is 0 Å². The molecular formula is C14H11N3O3. The summed E-state index contributed by atoms with van der Waals surface area (Å²) >= 11 is 0. The van der Waals surface area contributed by atoms with Gasteiger partial charge in [0, 0.05) is 17.2 Å². The third-order valence-corrected chi connectivity index (χ3v) is 3.12. The number of benzene rings is 1. The van der Waals surface area contributed by atoms with E-state index in [1.165, 1.54) is 17.0 Å². The largest absolute Gasteiger partial charge is 0.387 e. The van der Waals surface area contributed by atoms with Crippen molar-refractivity contribution in [2.75, 3.05) is 0 Å². The summed E-state index contributed by atoms with van der Waals surface area (Å²) in [7, 11) is 0. The van der Waals surface area contributed by atoms with Gasteiger partial charge >= 0.3 is 0 Å². The van der Waals surface area contributed by atoms with E-state index in [9.17, 15) is 14.7 Å². The molecule has 0 radical (unpaired) electrons. The number of aliphatic hydroxyl groups excluding tert-OH is 1. The topological polar surface area (TPSA) is 85.1 Å². The number of carbonyl (C=O) groups excluding carboxylic acids is 2. The van der Waals surface area contributed by atoms with E-state index in [4.69, 9.17) is 0 Å². The van der Waals surface area contributed by atoms with Gasteiger partial charge in [0.15, 0.2) is 5.78 Å². The first-order valence-corrected chi connectivity index (χ1v) is 6.08. The molecule has 6 nitrogen and oxygen atoms in total. The molecule has 3 rings (SSSR count). The molecule has 0 amide bonds. The summed E-state index contributed by atoms with van der Waals surface area (Å²) in [6.07, 6.45) is 1.90. The summed E-state index contributed by atoms with van der Waals surface area (Å²) in [4.78, 5) is 24.4. The first-order chi connectivity index (χ1) is 9.58. The zero-order valence-electron chi connectivity index (χ0n) is 10.6. The highest BCUT2D eigenvalue weighted by molar-refractivity contribution is 6.35. The Bertz CT molecular complexity index is 744. The van der Waals surface area contributed by atoms with Crippen LogP contribution in [-0.4, -0.2) is 31.7 Å². The van der Waals surface area contributed by atoms with Crippen molar-refractivity contribution in [2.45, 2.75) is 13.0 Å². The quantitative estimate of drug-likeness (QED) is 0.886. The number of aromatic nitrogens is 3. The van der Waals surface area contributed by atoms with Gasteiger partial charge in [-0.2, -0.15) is 0 Å². The number of ketones is 2. The molecule has 1 atom stereocenters. The van der Waals surface area contributed by atoms with E-state index in [-0.39, 0.29) is 17.3 Å². The van der Waals surface area contributed by atoms with Crippen LogP contribution in [0.3, 0.4) is 0 Å². The van der Waals surface area contributed by atoms with E-state index in [1.54, 1.807) is 31.2 Å². The highest BCUT2D eigenvalue weighted by Crippen LogP contribution is 2.23. The summed E-state index contributed by atoms with van der Waals surface area (Å²) < 4.78 is 1.22. The maximum absolute atomic E-state index is 12.4. The highest BCUT2D eigenvalue weighted by atomic mass is 16.3. The van der Waals surface area contributed by atoms with Gasteiger partial charge in [-0.3, -0.25) is 9.59 Å². The first kappa shape index (κ1) is 12.4. The Balaban J connectivity index is 2.07. The number of allylic oxidation sites excluding steroid dienone is 2. The van der Waals surface area contributed by atoms with Crippen LogP contribution in [0.15, 0.2) is 36.5 Å². The minimum absolute atomic E-state index is 0.133. The number of nitrogens with zero attached hydrogens (tertiary/aromatic N) is 3. The second kappa shape index (κ2) is 4.50. The molecule has 1 aromatic carbocycles. The summed E-state index contributed by atoms with van der Waals surface area (Å²) in [6, 6.07) is 6.64. The van der Waals surface area contributed by atoms with Gasteiger partial charge in [-0.05, 0) is 6.92 Å². The van der Waals surface area contributed by atoms with Crippen molar-refractivity contribution in [3.63, 3.8) is 0 Å². The number of carbonyl (C=O) groups is 2. The molecule has 0 bridgehead atoms. The summed E-state index contributed by atoms with van der Waals surface area (Å²) in [5.41, 5.74) is 1.21. The van der Waals surface area contributed by atoms with E-state index in [0.29, 0.717) is 16.8 Å². The smallest absolute Gasteiger partial charge is 0.212 e. The number of aliphatic hydroxyl groups is 1. The number of Topliss-reactive ketones (excluding diaryl/α,β-unsaturated/α-hetero) is 1. The Morgan fingerprint density at radius 3 is 2.55 bits per heavy atom. The summed E-state index contributed by atoms with van der Waals surface area (Å²) in [5, 5.41) is 17.0. The third kappa shape index (κ3) is 1.86. The molecule has 20 heavy (non-hydrogen) atoms. The molecule has 6 heteroatoms. The Labute approximate surface area is 114 Å². The molecule has 1 aromatic heterocycles. The Kier molecular flexibility index (Phi) is 2.80. The lowest BCUT2D eigenvalue weighted by atomic mass is 9.93. The van der Waals surface area contributed by atoms with Crippen molar-refractivity contribution in [1.82, 2.24) is 15.0 Å². The summed E-state index contributed by atoms with van der Waals surface area (Å²) in [6.45, 7) is 1.55. The van der Waals surface area contributed by atoms with Crippen molar-refractivity contribution >= 4 is 17.3 Å². The molecule has 100 valence electrons. The van der Waals surface area contributed by atoms with Crippen molar-refractivity contribution in [3.8, 4) is 0 Å². The molecule has 0 saturated heterocycles. The third-order valence-electron chi connectivity index (χ3n) is 3.12. The average molecular weight is 269 g/mol. The van der Waals surface area contributed by atoms with Gasteiger partial charge < -0.3 is 5.11 Å². The van der Waals surface area contributed by atoms with Crippen LogP contribution in [0.25, 0.3) is 5.70 Å². The van der Waals surface area contributed by atoms with Crippen LogP contribution in [0.4, 0.5) is 0 Å². The van der Waals surface area contributed by atoms with Crippen LogP contribution in [0.5, 0.6) is 0 Å². The SMILES string of the molecule is C[C@@H](O)c1cn(C2=CC(=O)c3ccccc3C2=O)nn1. The van der Waals surface area contributed by atoms with Gasteiger partial charge in [0.1, 0.15) is 11.4 Å². The molecule has 1 aliphatic carbocycles. The van der Waals surface area contributed by atoms with Crippen LogP contribution in [-0.2, 0) is 0 Å². The lowest BCUT2D eigenvalue weighted by Crippen LogP contribution is -2.19. The normalized spacial score (nSPS) is 15.8. The van der Waals surface area contributed by atoms with E-state index in [1.807, 2.05) is 0 Å².